The average Bonchev–Trinajstić information content (AvgIpc) is 3.07. The summed E-state index contributed by atoms with van der Waals surface area (Å²) in [4.78, 5) is 23.4. The number of aliphatic carboxylic acids is 1. The van der Waals surface area contributed by atoms with E-state index in [9.17, 15) is 9.59 Å². The van der Waals surface area contributed by atoms with E-state index >= 15 is 0 Å². The van der Waals surface area contributed by atoms with Gasteiger partial charge in [0.05, 0.1) is 0 Å². The zero-order chi connectivity index (χ0) is 35.0. The Kier molecular flexibility index (Phi) is 36.7. The minimum atomic E-state index is -0.778. The van der Waals surface area contributed by atoms with Crippen molar-refractivity contribution in [3.63, 3.8) is 0 Å². The molecule has 0 aromatic rings. The Hall–Kier alpha value is -2.62. The molecule has 0 amide bonds. The van der Waals surface area contributed by atoms with Crippen molar-refractivity contribution in [1.29, 1.82) is 0 Å². The molecule has 0 spiro atoms. The van der Waals surface area contributed by atoms with E-state index in [1.54, 1.807) is 0 Å². The van der Waals surface area contributed by atoms with Gasteiger partial charge in [0.15, 0.2) is 0 Å². The zero-order valence-electron chi connectivity index (χ0n) is 31.3. The lowest BCUT2D eigenvalue weighted by Gasteiger charge is -2.14. The highest BCUT2D eigenvalue weighted by atomic mass is 16.5. The van der Waals surface area contributed by atoms with E-state index in [4.69, 9.17) is 9.84 Å². The van der Waals surface area contributed by atoms with Crippen molar-refractivity contribution in [2.24, 2.45) is 0 Å². The largest absolute Gasteiger partial charge is 0.481 e. The number of hydrogen-bond acceptors (Lipinski definition) is 3. The molecule has 1 unspecified atom stereocenters. The predicted molar refractivity (Wildman–Crippen MR) is 208 cm³/mol. The Labute approximate surface area is 297 Å². The maximum absolute atomic E-state index is 12.5. The summed E-state index contributed by atoms with van der Waals surface area (Å²) in [6.07, 6.45) is 55.0. The lowest BCUT2D eigenvalue weighted by Crippen LogP contribution is -2.16. The number of unbranched alkanes of at least 4 members (excludes halogenated alkanes) is 16. The minimum Gasteiger partial charge on any atom is -0.481 e. The Bertz CT molecular complexity index is 892. The van der Waals surface area contributed by atoms with Gasteiger partial charge in [0.2, 0.25) is 0 Å². The molecular formula is C44H74O4. The van der Waals surface area contributed by atoms with Gasteiger partial charge in [-0.15, -0.1) is 0 Å². The molecule has 0 fully saturated rings. The van der Waals surface area contributed by atoms with Crippen molar-refractivity contribution in [2.75, 3.05) is 0 Å². The molecule has 0 aliphatic carbocycles. The van der Waals surface area contributed by atoms with E-state index in [0.29, 0.717) is 19.3 Å². The van der Waals surface area contributed by atoms with Crippen molar-refractivity contribution < 1.29 is 19.4 Å². The van der Waals surface area contributed by atoms with Crippen LogP contribution in [0.3, 0.4) is 0 Å². The van der Waals surface area contributed by atoms with E-state index < -0.39 is 5.97 Å². The van der Waals surface area contributed by atoms with Crippen LogP contribution in [0.2, 0.25) is 0 Å². The third-order valence-electron chi connectivity index (χ3n) is 8.40. The molecule has 0 radical (unpaired) electrons. The smallest absolute Gasteiger partial charge is 0.306 e. The van der Waals surface area contributed by atoms with Gasteiger partial charge in [-0.3, -0.25) is 9.59 Å². The van der Waals surface area contributed by atoms with Gasteiger partial charge in [0, 0.05) is 12.8 Å². The van der Waals surface area contributed by atoms with Crippen molar-refractivity contribution in [3.05, 3.63) is 72.9 Å². The summed E-state index contributed by atoms with van der Waals surface area (Å²) in [5, 5.41) is 8.93. The highest BCUT2D eigenvalue weighted by molar-refractivity contribution is 5.69. The second-order valence-corrected chi connectivity index (χ2v) is 13.1. The summed E-state index contributed by atoms with van der Waals surface area (Å²) in [5.74, 6) is -0.916. The summed E-state index contributed by atoms with van der Waals surface area (Å²) in [6, 6.07) is 0. The SMILES string of the molecule is CC/C=C\C/C=C\C/C=C\C/C=C\C/C=C\C(CCCCC(=O)O)OC(=O)CCCCCCCCCCC/C=C\CCCCCCCC. The molecular weight excluding hydrogens is 592 g/mol. The van der Waals surface area contributed by atoms with Crippen LogP contribution in [0.1, 0.15) is 187 Å². The number of carboxylic acids is 1. The van der Waals surface area contributed by atoms with Gasteiger partial charge in [-0.25, -0.2) is 0 Å². The standard InChI is InChI=1S/C44H74O4/c1-3-5-7-9-11-13-15-17-19-20-21-22-23-25-27-29-31-33-35-41-44(47)48-42(39-36-37-40-43(45)46)38-34-32-30-28-26-24-18-16-14-12-10-8-6-4-2/h6,8,12,14,17-19,24,28,30,34,38,42H,3-5,7,9-11,13,15-16,20-23,25-27,29,31-33,35-37,39-41H2,1-2H3,(H,45,46)/b8-6-,14-12-,19-17-,24-18-,30-28-,38-34-. The number of carboxylic acid groups (broad SMARTS) is 1. The molecule has 0 aromatic carbocycles. The fourth-order valence-corrected chi connectivity index (χ4v) is 5.48. The molecule has 0 aliphatic heterocycles. The molecule has 0 aliphatic rings. The molecule has 0 rings (SSSR count). The summed E-state index contributed by atoms with van der Waals surface area (Å²) < 4.78 is 5.78. The van der Waals surface area contributed by atoms with Crippen LogP contribution in [0.5, 0.6) is 0 Å². The van der Waals surface area contributed by atoms with Crippen LogP contribution in [-0.4, -0.2) is 23.1 Å². The first-order valence-corrected chi connectivity index (χ1v) is 19.9. The maximum Gasteiger partial charge on any atom is 0.306 e. The molecule has 0 saturated carbocycles. The normalized spacial score (nSPS) is 13.0. The van der Waals surface area contributed by atoms with Crippen LogP contribution in [0.15, 0.2) is 72.9 Å². The van der Waals surface area contributed by atoms with Crippen LogP contribution in [0, 0.1) is 0 Å². The van der Waals surface area contributed by atoms with E-state index in [0.717, 1.165) is 51.4 Å². The topological polar surface area (TPSA) is 63.6 Å². The summed E-state index contributed by atoms with van der Waals surface area (Å²) in [7, 11) is 0. The van der Waals surface area contributed by atoms with Gasteiger partial charge in [0.25, 0.3) is 0 Å². The molecule has 0 saturated heterocycles. The molecule has 4 nitrogen and oxygen atoms in total. The molecule has 274 valence electrons. The minimum absolute atomic E-state index is 0.139. The number of hydrogen-bond donors (Lipinski definition) is 1. The number of esters is 1. The first-order chi connectivity index (χ1) is 23.6. The maximum atomic E-state index is 12.5. The molecule has 48 heavy (non-hydrogen) atoms. The van der Waals surface area contributed by atoms with E-state index in [2.05, 4.69) is 80.7 Å². The molecule has 0 heterocycles. The van der Waals surface area contributed by atoms with Crippen LogP contribution in [-0.2, 0) is 14.3 Å². The second kappa shape index (κ2) is 38.8. The molecule has 1 N–H and O–H groups in total. The van der Waals surface area contributed by atoms with Crippen molar-refractivity contribution in [1.82, 2.24) is 0 Å². The van der Waals surface area contributed by atoms with Crippen LogP contribution < -0.4 is 0 Å². The zero-order valence-corrected chi connectivity index (χ0v) is 31.3. The van der Waals surface area contributed by atoms with Crippen molar-refractivity contribution in [2.45, 2.75) is 193 Å². The van der Waals surface area contributed by atoms with Gasteiger partial charge < -0.3 is 9.84 Å². The fourth-order valence-electron chi connectivity index (χ4n) is 5.48. The lowest BCUT2D eigenvalue weighted by atomic mass is 10.1. The quantitative estimate of drug-likeness (QED) is 0.0415. The lowest BCUT2D eigenvalue weighted by molar-refractivity contribution is -0.147. The van der Waals surface area contributed by atoms with E-state index in [1.807, 2.05) is 6.08 Å². The molecule has 1 atom stereocenters. The van der Waals surface area contributed by atoms with E-state index in [-0.39, 0.29) is 18.5 Å². The second-order valence-electron chi connectivity index (χ2n) is 13.1. The Balaban J connectivity index is 4.02. The highest BCUT2D eigenvalue weighted by Crippen LogP contribution is 2.15. The summed E-state index contributed by atoms with van der Waals surface area (Å²) >= 11 is 0. The molecule has 0 aromatic heterocycles. The summed E-state index contributed by atoms with van der Waals surface area (Å²) in [6.45, 7) is 4.42. The third-order valence-corrected chi connectivity index (χ3v) is 8.40. The fraction of sp³-hybridized carbons (Fsp3) is 0.682. The number of allylic oxidation sites excluding steroid dienone is 11. The van der Waals surface area contributed by atoms with E-state index in [1.165, 1.54) is 96.3 Å². The van der Waals surface area contributed by atoms with Crippen LogP contribution in [0.4, 0.5) is 0 Å². The molecule has 4 heteroatoms. The van der Waals surface area contributed by atoms with Gasteiger partial charge in [0.1, 0.15) is 6.10 Å². The van der Waals surface area contributed by atoms with Gasteiger partial charge >= 0.3 is 11.9 Å². The number of carbonyl (C=O) groups is 2. The van der Waals surface area contributed by atoms with Gasteiger partial charge in [-0.05, 0) is 89.5 Å². The third kappa shape index (κ3) is 37.8. The number of carbonyl (C=O) groups excluding carboxylic acids is 1. The first kappa shape index (κ1) is 45.4. The summed E-state index contributed by atoms with van der Waals surface area (Å²) in [5.41, 5.74) is 0. The van der Waals surface area contributed by atoms with Crippen molar-refractivity contribution in [3.8, 4) is 0 Å². The van der Waals surface area contributed by atoms with Crippen LogP contribution >= 0.6 is 0 Å². The van der Waals surface area contributed by atoms with Gasteiger partial charge in [-0.1, -0.05) is 158 Å². The monoisotopic (exact) mass is 667 g/mol. The van der Waals surface area contributed by atoms with Crippen molar-refractivity contribution >= 4 is 11.9 Å². The average molecular weight is 667 g/mol. The Morgan fingerprint density at radius 2 is 0.938 bits per heavy atom. The molecule has 0 bridgehead atoms. The van der Waals surface area contributed by atoms with Gasteiger partial charge in [-0.2, -0.15) is 0 Å². The Morgan fingerprint density at radius 1 is 0.500 bits per heavy atom. The number of ether oxygens (including phenoxy) is 1. The highest BCUT2D eigenvalue weighted by Gasteiger charge is 2.12. The van der Waals surface area contributed by atoms with Crippen LogP contribution in [0.25, 0.3) is 0 Å². The Morgan fingerprint density at radius 3 is 1.44 bits per heavy atom. The number of rotatable bonds is 35. The predicted octanol–water partition coefficient (Wildman–Crippen LogP) is 13.9. The first-order valence-electron chi connectivity index (χ1n) is 19.9.